The van der Waals surface area contributed by atoms with Crippen LogP contribution in [0.1, 0.15) is 23.0 Å². The monoisotopic (exact) mass is 263 g/mol. The van der Waals surface area contributed by atoms with E-state index in [4.69, 9.17) is 4.74 Å². The topological polar surface area (TPSA) is 94.0 Å². The lowest BCUT2D eigenvalue weighted by atomic mass is 10.1. The van der Waals surface area contributed by atoms with Gasteiger partial charge in [-0.1, -0.05) is 0 Å². The highest BCUT2D eigenvalue weighted by atomic mass is 16.5. The number of hydrogen-bond donors (Lipinski definition) is 1. The molecule has 0 amide bonds. The number of H-pyrrole nitrogens is 1. The molecule has 0 aliphatic heterocycles. The van der Waals surface area contributed by atoms with Crippen molar-refractivity contribution in [2.75, 3.05) is 6.61 Å². The molecule has 0 saturated heterocycles. The highest BCUT2D eigenvalue weighted by Gasteiger charge is 2.15. The summed E-state index contributed by atoms with van der Waals surface area (Å²) in [7, 11) is 1.35. The first-order valence-electron chi connectivity index (χ1n) is 5.73. The Kier molecular flexibility index (Phi) is 3.20. The third kappa shape index (κ3) is 2.14. The second-order valence-electron chi connectivity index (χ2n) is 4.03. The molecule has 7 nitrogen and oxygen atoms in total. The van der Waals surface area contributed by atoms with E-state index in [1.165, 1.54) is 13.1 Å². The number of hydrogen-bond acceptors (Lipinski definition) is 5. The molecule has 0 aliphatic carbocycles. The van der Waals surface area contributed by atoms with E-state index in [-0.39, 0.29) is 23.2 Å². The van der Waals surface area contributed by atoms with Gasteiger partial charge in [-0.2, -0.15) is 0 Å². The molecule has 2 heterocycles. The van der Waals surface area contributed by atoms with Crippen molar-refractivity contribution < 1.29 is 9.53 Å². The van der Waals surface area contributed by atoms with E-state index in [0.29, 0.717) is 5.69 Å². The van der Waals surface area contributed by atoms with Gasteiger partial charge in [0.15, 0.2) is 0 Å². The van der Waals surface area contributed by atoms with E-state index < -0.39 is 17.2 Å². The van der Waals surface area contributed by atoms with Gasteiger partial charge in [0.05, 0.1) is 23.3 Å². The van der Waals surface area contributed by atoms with Crippen molar-refractivity contribution in [3.05, 3.63) is 38.2 Å². The zero-order valence-corrected chi connectivity index (χ0v) is 10.8. The summed E-state index contributed by atoms with van der Waals surface area (Å²) in [5.41, 5.74) is -0.267. The molecule has 19 heavy (non-hydrogen) atoms. The molecule has 2 aromatic rings. The maximum Gasteiger partial charge on any atom is 0.339 e. The second-order valence-corrected chi connectivity index (χ2v) is 4.03. The van der Waals surface area contributed by atoms with Crippen molar-refractivity contribution in [3.63, 3.8) is 0 Å². The number of esters is 1. The molecule has 7 heteroatoms. The van der Waals surface area contributed by atoms with Crippen LogP contribution in [0.15, 0.2) is 15.7 Å². The summed E-state index contributed by atoms with van der Waals surface area (Å²) >= 11 is 0. The van der Waals surface area contributed by atoms with E-state index in [2.05, 4.69) is 9.97 Å². The Labute approximate surface area is 107 Å². The summed E-state index contributed by atoms with van der Waals surface area (Å²) in [5, 5.41) is 0.177. The number of carbonyl (C=O) groups is 1. The third-order valence-corrected chi connectivity index (χ3v) is 2.77. The summed E-state index contributed by atoms with van der Waals surface area (Å²) in [6, 6.07) is 1.40. The molecule has 0 saturated carbocycles. The van der Waals surface area contributed by atoms with Gasteiger partial charge in [-0.15, -0.1) is 0 Å². The van der Waals surface area contributed by atoms with Gasteiger partial charge >= 0.3 is 11.7 Å². The number of nitrogens with zero attached hydrogens (tertiary/aromatic N) is 2. The molecule has 2 aromatic heterocycles. The zero-order chi connectivity index (χ0) is 14.2. The van der Waals surface area contributed by atoms with Crippen molar-refractivity contribution in [1.82, 2.24) is 14.5 Å². The molecule has 100 valence electrons. The largest absolute Gasteiger partial charge is 0.462 e. The zero-order valence-electron chi connectivity index (χ0n) is 10.8. The molecule has 0 radical (unpaired) electrons. The quantitative estimate of drug-likeness (QED) is 0.776. The Bertz CT molecular complexity index is 773. The lowest BCUT2D eigenvalue weighted by Gasteiger charge is -2.07. The fourth-order valence-electron chi connectivity index (χ4n) is 1.74. The molecule has 0 fully saturated rings. The number of aromatic nitrogens is 3. The summed E-state index contributed by atoms with van der Waals surface area (Å²) in [5.74, 6) is -0.539. The molecular formula is C12H13N3O4. The van der Waals surface area contributed by atoms with Crippen LogP contribution in [-0.2, 0) is 11.8 Å². The summed E-state index contributed by atoms with van der Waals surface area (Å²) < 4.78 is 5.82. The van der Waals surface area contributed by atoms with Crippen LogP contribution in [0.5, 0.6) is 0 Å². The van der Waals surface area contributed by atoms with Crippen LogP contribution in [0.2, 0.25) is 0 Å². The predicted molar refractivity (Wildman–Crippen MR) is 68.3 cm³/mol. The number of pyridine rings is 1. The van der Waals surface area contributed by atoms with E-state index >= 15 is 0 Å². The Morgan fingerprint density at radius 1 is 1.47 bits per heavy atom. The van der Waals surface area contributed by atoms with Crippen LogP contribution in [0.4, 0.5) is 0 Å². The lowest BCUT2D eigenvalue weighted by Crippen LogP contribution is -2.33. The average molecular weight is 263 g/mol. The molecule has 0 bridgehead atoms. The Balaban J connectivity index is 2.78. The molecule has 0 aliphatic rings. The Hall–Kier alpha value is -2.44. The van der Waals surface area contributed by atoms with Crippen molar-refractivity contribution in [2.24, 2.45) is 7.05 Å². The van der Waals surface area contributed by atoms with Crippen LogP contribution in [0.25, 0.3) is 11.0 Å². The van der Waals surface area contributed by atoms with Crippen molar-refractivity contribution in [1.29, 1.82) is 0 Å². The van der Waals surface area contributed by atoms with Crippen LogP contribution in [0.3, 0.4) is 0 Å². The number of ether oxygens (including phenoxy) is 1. The number of fused-ring (bicyclic) bond motifs is 1. The Morgan fingerprint density at radius 3 is 2.79 bits per heavy atom. The minimum absolute atomic E-state index is 0.165. The predicted octanol–water partition coefficient (Wildman–Crippen LogP) is 0.107. The van der Waals surface area contributed by atoms with Gasteiger partial charge in [-0.05, 0) is 19.9 Å². The van der Waals surface area contributed by atoms with E-state index in [0.717, 1.165) is 4.57 Å². The molecule has 0 atom stereocenters. The first-order chi connectivity index (χ1) is 8.95. The van der Waals surface area contributed by atoms with Crippen LogP contribution < -0.4 is 11.2 Å². The van der Waals surface area contributed by atoms with Gasteiger partial charge in [-0.3, -0.25) is 14.3 Å². The van der Waals surface area contributed by atoms with Gasteiger partial charge < -0.3 is 4.74 Å². The van der Waals surface area contributed by atoms with E-state index in [1.807, 2.05) is 0 Å². The van der Waals surface area contributed by atoms with Gasteiger partial charge in [0.2, 0.25) is 0 Å². The lowest BCUT2D eigenvalue weighted by molar-refractivity contribution is 0.0525. The van der Waals surface area contributed by atoms with Gasteiger partial charge in [-0.25, -0.2) is 14.6 Å². The second kappa shape index (κ2) is 4.68. The number of aryl methyl sites for hydroxylation is 1. The number of rotatable bonds is 2. The van der Waals surface area contributed by atoms with Crippen molar-refractivity contribution in [3.8, 4) is 0 Å². The minimum atomic E-state index is -0.548. The third-order valence-electron chi connectivity index (χ3n) is 2.77. The maximum atomic E-state index is 11.9. The molecule has 2 rings (SSSR count). The molecule has 1 N–H and O–H groups in total. The molecular weight excluding hydrogens is 250 g/mol. The van der Waals surface area contributed by atoms with Gasteiger partial charge in [0.25, 0.3) is 5.56 Å². The number of carbonyl (C=O) groups excluding carboxylic acids is 1. The van der Waals surface area contributed by atoms with E-state index in [1.54, 1.807) is 13.8 Å². The summed E-state index contributed by atoms with van der Waals surface area (Å²) in [6.45, 7) is 3.54. The highest BCUT2D eigenvalue weighted by molar-refractivity contribution is 5.94. The number of nitrogens with one attached hydrogen (secondary N) is 1. The minimum Gasteiger partial charge on any atom is -0.462 e. The first kappa shape index (κ1) is 13.0. The SMILES string of the molecule is CCOC(=O)c1cc2c(=O)n(C)c(=O)[nH]c2nc1C. The van der Waals surface area contributed by atoms with Gasteiger partial charge in [0.1, 0.15) is 5.65 Å². The fraction of sp³-hybridized carbons (Fsp3) is 0.333. The Morgan fingerprint density at radius 2 is 2.16 bits per heavy atom. The molecule has 0 spiro atoms. The maximum absolute atomic E-state index is 11.9. The normalized spacial score (nSPS) is 10.7. The summed E-state index contributed by atoms with van der Waals surface area (Å²) in [6.07, 6.45) is 0. The summed E-state index contributed by atoms with van der Waals surface area (Å²) in [4.78, 5) is 41.7. The average Bonchev–Trinajstić information content (AvgIpc) is 2.36. The van der Waals surface area contributed by atoms with Crippen LogP contribution >= 0.6 is 0 Å². The van der Waals surface area contributed by atoms with Gasteiger partial charge in [0, 0.05) is 7.05 Å². The van der Waals surface area contributed by atoms with Crippen molar-refractivity contribution >= 4 is 17.0 Å². The van der Waals surface area contributed by atoms with E-state index in [9.17, 15) is 14.4 Å². The number of aromatic amines is 1. The first-order valence-corrected chi connectivity index (χ1v) is 5.73. The van der Waals surface area contributed by atoms with Crippen molar-refractivity contribution in [2.45, 2.75) is 13.8 Å². The molecule has 0 aromatic carbocycles. The fourth-order valence-corrected chi connectivity index (χ4v) is 1.74. The standard InChI is InChI=1S/C12H13N3O4/c1-4-19-11(17)7-5-8-9(13-6(7)2)14-12(18)15(3)10(8)16/h5H,4H2,1-3H3,(H,13,14,18). The highest BCUT2D eigenvalue weighted by Crippen LogP contribution is 2.12. The van der Waals surface area contributed by atoms with Crippen LogP contribution in [0, 0.1) is 6.92 Å². The van der Waals surface area contributed by atoms with Crippen LogP contribution in [-0.4, -0.2) is 27.1 Å². The smallest absolute Gasteiger partial charge is 0.339 e. The molecule has 0 unspecified atom stereocenters.